The van der Waals surface area contributed by atoms with E-state index < -0.39 is 6.10 Å². The standard InChI is InChI=1S/C20H25NO2/c1-5-18(23-19-9-7-6-8-15(19)4)20(22)21-17-12-10-16(11-13-17)14(2)3/h6-14,18H,5H2,1-4H3,(H,21,22)/t18-/m1/s1. The summed E-state index contributed by atoms with van der Waals surface area (Å²) in [6.45, 7) is 8.22. The van der Waals surface area contributed by atoms with E-state index >= 15 is 0 Å². The van der Waals surface area contributed by atoms with Gasteiger partial charge in [0.15, 0.2) is 6.10 Å². The molecule has 2 rings (SSSR count). The lowest BCUT2D eigenvalue weighted by atomic mass is 10.0. The second-order valence-electron chi connectivity index (χ2n) is 6.05. The number of benzene rings is 2. The topological polar surface area (TPSA) is 38.3 Å². The van der Waals surface area contributed by atoms with Crippen molar-refractivity contribution in [1.82, 2.24) is 0 Å². The minimum absolute atomic E-state index is 0.118. The van der Waals surface area contributed by atoms with Crippen molar-refractivity contribution < 1.29 is 9.53 Å². The van der Waals surface area contributed by atoms with Gasteiger partial charge in [-0.15, -0.1) is 0 Å². The Labute approximate surface area is 138 Å². The molecule has 0 spiro atoms. The zero-order chi connectivity index (χ0) is 16.8. The Morgan fingerprint density at radius 2 is 1.74 bits per heavy atom. The molecule has 2 aromatic rings. The van der Waals surface area contributed by atoms with Crippen LogP contribution in [0.25, 0.3) is 0 Å². The monoisotopic (exact) mass is 311 g/mol. The van der Waals surface area contributed by atoms with Gasteiger partial charge in [-0.05, 0) is 48.6 Å². The van der Waals surface area contributed by atoms with E-state index in [1.54, 1.807) is 0 Å². The molecule has 0 bridgehead atoms. The van der Waals surface area contributed by atoms with Crippen molar-refractivity contribution in [2.45, 2.75) is 46.1 Å². The fraction of sp³-hybridized carbons (Fsp3) is 0.350. The molecule has 3 nitrogen and oxygen atoms in total. The maximum Gasteiger partial charge on any atom is 0.265 e. The van der Waals surface area contributed by atoms with Crippen LogP contribution in [-0.2, 0) is 4.79 Å². The van der Waals surface area contributed by atoms with Gasteiger partial charge >= 0.3 is 0 Å². The van der Waals surface area contributed by atoms with Crippen molar-refractivity contribution in [3.8, 4) is 5.75 Å². The van der Waals surface area contributed by atoms with Crippen molar-refractivity contribution in [2.24, 2.45) is 0 Å². The third kappa shape index (κ3) is 4.59. The van der Waals surface area contributed by atoms with E-state index in [2.05, 4.69) is 19.2 Å². The average molecular weight is 311 g/mol. The van der Waals surface area contributed by atoms with Crippen molar-refractivity contribution in [3.05, 3.63) is 59.7 Å². The van der Waals surface area contributed by atoms with Gasteiger partial charge in [-0.25, -0.2) is 0 Å². The van der Waals surface area contributed by atoms with E-state index in [4.69, 9.17) is 4.74 Å². The van der Waals surface area contributed by atoms with Gasteiger partial charge in [-0.2, -0.15) is 0 Å². The van der Waals surface area contributed by atoms with E-state index in [0.717, 1.165) is 17.0 Å². The highest BCUT2D eigenvalue weighted by atomic mass is 16.5. The SMILES string of the molecule is CC[C@@H](Oc1ccccc1C)C(=O)Nc1ccc(C(C)C)cc1. The number of ether oxygens (including phenoxy) is 1. The molecule has 0 saturated heterocycles. The summed E-state index contributed by atoms with van der Waals surface area (Å²) < 4.78 is 5.88. The van der Waals surface area contributed by atoms with Crippen molar-refractivity contribution in [3.63, 3.8) is 0 Å². The molecule has 0 radical (unpaired) electrons. The summed E-state index contributed by atoms with van der Waals surface area (Å²) in [6.07, 6.45) is 0.116. The molecule has 1 atom stereocenters. The molecule has 0 aliphatic heterocycles. The Kier molecular flexibility index (Phi) is 5.80. The molecule has 0 saturated carbocycles. The van der Waals surface area contributed by atoms with Crippen molar-refractivity contribution >= 4 is 11.6 Å². The van der Waals surface area contributed by atoms with E-state index in [9.17, 15) is 4.79 Å². The second kappa shape index (κ2) is 7.82. The van der Waals surface area contributed by atoms with Crippen LogP contribution in [0.15, 0.2) is 48.5 Å². The Morgan fingerprint density at radius 3 is 2.30 bits per heavy atom. The number of carbonyl (C=O) groups excluding carboxylic acids is 1. The molecular weight excluding hydrogens is 286 g/mol. The molecule has 0 unspecified atom stereocenters. The first-order valence-electron chi connectivity index (χ1n) is 8.14. The normalized spacial score (nSPS) is 12.0. The predicted molar refractivity (Wildman–Crippen MR) is 95.0 cm³/mol. The second-order valence-corrected chi connectivity index (χ2v) is 6.05. The first-order valence-corrected chi connectivity index (χ1v) is 8.14. The summed E-state index contributed by atoms with van der Waals surface area (Å²) in [5, 5.41) is 2.93. The number of carbonyl (C=O) groups is 1. The lowest BCUT2D eigenvalue weighted by Crippen LogP contribution is -2.32. The maximum atomic E-state index is 12.4. The first kappa shape index (κ1) is 17.1. The largest absolute Gasteiger partial charge is 0.480 e. The third-order valence-corrected chi connectivity index (χ3v) is 3.87. The lowest BCUT2D eigenvalue weighted by molar-refractivity contribution is -0.122. The van der Waals surface area contributed by atoms with Crippen LogP contribution in [0.3, 0.4) is 0 Å². The third-order valence-electron chi connectivity index (χ3n) is 3.87. The smallest absolute Gasteiger partial charge is 0.265 e. The summed E-state index contributed by atoms with van der Waals surface area (Å²) in [5.74, 6) is 1.12. The molecule has 0 heterocycles. The highest BCUT2D eigenvalue weighted by Crippen LogP contribution is 2.20. The van der Waals surface area contributed by atoms with Gasteiger partial charge < -0.3 is 10.1 Å². The number of aryl methyl sites for hydroxylation is 1. The lowest BCUT2D eigenvalue weighted by Gasteiger charge is -2.18. The van der Waals surface area contributed by atoms with Crippen LogP contribution < -0.4 is 10.1 Å². The highest BCUT2D eigenvalue weighted by molar-refractivity contribution is 5.94. The Bertz CT molecular complexity index is 647. The van der Waals surface area contributed by atoms with E-state index in [-0.39, 0.29) is 5.91 Å². The summed E-state index contributed by atoms with van der Waals surface area (Å²) in [7, 11) is 0. The van der Waals surface area contributed by atoms with Crippen LogP contribution in [-0.4, -0.2) is 12.0 Å². The summed E-state index contributed by atoms with van der Waals surface area (Å²) >= 11 is 0. The van der Waals surface area contributed by atoms with E-state index in [1.807, 2.05) is 62.4 Å². The van der Waals surface area contributed by atoms with Gasteiger partial charge in [0.05, 0.1) is 0 Å². The number of hydrogen-bond acceptors (Lipinski definition) is 2. The molecule has 0 aromatic heterocycles. The minimum atomic E-state index is -0.499. The molecule has 0 aliphatic rings. The van der Waals surface area contributed by atoms with Gasteiger partial charge in [-0.1, -0.05) is 51.1 Å². The van der Waals surface area contributed by atoms with Crippen molar-refractivity contribution in [1.29, 1.82) is 0 Å². The molecule has 1 N–H and O–H groups in total. The van der Waals surface area contributed by atoms with Crippen LogP contribution in [0.4, 0.5) is 5.69 Å². The molecule has 23 heavy (non-hydrogen) atoms. The first-order chi connectivity index (χ1) is 11.0. The number of amides is 1. The number of rotatable bonds is 6. The summed E-state index contributed by atoms with van der Waals surface area (Å²) in [5.41, 5.74) is 3.08. The molecule has 0 fully saturated rings. The molecule has 1 amide bonds. The van der Waals surface area contributed by atoms with Gasteiger partial charge in [0, 0.05) is 5.69 Å². The van der Waals surface area contributed by atoms with Crippen LogP contribution in [0, 0.1) is 6.92 Å². The summed E-state index contributed by atoms with van der Waals surface area (Å²) in [6, 6.07) is 15.7. The van der Waals surface area contributed by atoms with Crippen LogP contribution in [0.5, 0.6) is 5.75 Å². The van der Waals surface area contributed by atoms with E-state index in [1.165, 1.54) is 5.56 Å². The van der Waals surface area contributed by atoms with Gasteiger partial charge in [0.25, 0.3) is 5.91 Å². The Hall–Kier alpha value is -2.29. The van der Waals surface area contributed by atoms with Gasteiger partial charge in [0.1, 0.15) is 5.75 Å². The van der Waals surface area contributed by atoms with E-state index in [0.29, 0.717) is 12.3 Å². The Balaban J connectivity index is 2.04. The zero-order valence-electron chi connectivity index (χ0n) is 14.3. The summed E-state index contributed by atoms with van der Waals surface area (Å²) in [4.78, 5) is 12.4. The molecule has 0 aliphatic carbocycles. The van der Waals surface area contributed by atoms with Crippen molar-refractivity contribution in [2.75, 3.05) is 5.32 Å². The van der Waals surface area contributed by atoms with Crippen LogP contribution in [0.1, 0.15) is 44.2 Å². The Morgan fingerprint density at radius 1 is 1.09 bits per heavy atom. The zero-order valence-corrected chi connectivity index (χ0v) is 14.3. The molecule has 122 valence electrons. The molecular formula is C20H25NO2. The van der Waals surface area contributed by atoms with Crippen LogP contribution >= 0.6 is 0 Å². The minimum Gasteiger partial charge on any atom is -0.480 e. The number of hydrogen-bond donors (Lipinski definition) is 1. The number of nitrogens with one attached hydrogen (secondary N) is 1. The number of anilines is 1. The van der Waals surface area contributed by atoms with Gasteiger partial charge in [-0.3, -0.25) is 4.79 Å². The number of para-hydroxylation sites is 1. The van der Waals surface area contributed by atoms with Gasteiger partial charge in [0.2, 0.25) is 0 Å². The average Bonchev–Trinajstić information content (AvgIpc) is 2.54. The predicted octanol–water partition coefficient (Wildman–Crippen LogP) is 4.91. The fourth-order valence-corrected chi connectivity index (χ4v) is 2.34. The molecule has 2 aromatic carbocycles. The maximum absolute atomic E-state index is 12.4. The fourth-order valence-electron chi connectivity index (χ4n) is 2.34. The highest BCUT2D eigenvalue weighted by Gasteiger charge is 2.19. The quantitative estimate of drug-likeness (QED) is 0.822. The van der Waals surface area contributed by atoms with Crippen LogP contribution in [0.2, 0.25) is 0 Å². The molecule has 3 heteroatoms.